The lowest BCUT2D eigenvalue weighted by Crippen LogP contribution is -2.51. The van der Waals surface area contributed by atoms with E-state index in [0.717, 1.165) is 27.2 Å². The van der Waals surface area contributed by atoms with Crippen molar-refractivity contribution in [3.8, 4) is 11.1 Å². The highest BCUT2D eigenvalue weighted by atomic mass is 19.3. The summed E-state index contributed by atoms with van der Waals surface area (Å²) in [6.45, 7) is 3.50. The van der Waals surface area contributed by atoms with Crippen molar-refractivity contribution in [2.75, 3.05) is 6.54 Å². The molecule has 31 heavy (non-hydrogen) atoms. The van der Waals surface area contributed by atoms with Crippen molar-refractivity contribution in [1.82, 2.24) is 15.2 Å². The number of amides is 3. The number of hydrogen-bond acceptors (Lipinski definition) is 4. The van der Waals surface area contributed by atoms with E-state index >= 15 is 0 Å². The fourth-order valence-electron chi connectivity index (χ4n) is 4.42. The lowest BCUT2D eigenvalue weighted by Gasteiger charge is -2.34. The number of rotatable bonds is 4. The first-order chi connectivity index (χ1) is 14.6. The first-order valence-electron chi connectivity index (χ1n) is 10.2. The van der Waals surface area contributed by atoms with Crippen molar-refractivity contribution in [2.24, 2.45) is 0 Å². The predicted molar refractivity (Wildman–Crippen MR) is 110 cm³/mol. The Bertz CT molecular complexity index is 1040. The molecular weight excluding hydrogens is 404 g/mol. The SMILES string of the molecule is Cc1cncc(C)c1-c1ccc(C(=O)CN2C(=O)NC3(CCC(F)(F)CC3)C2=O)cc1. The van der Waals surface area contributed by atoms with Crippen LogP contribution in [0.15, 0.2) is 36.7 Å². The monoisotopic (exact) mass is 427 g/mol. The highest BCUT2D eigenvalue weighted by Crippen LogP contribution is 2.41. The van der Waals surface area contributed by atoms with Crippen LogP contribution in [0.2, 0.25) is 0 Å². The van der Waals surface area contributed by atoms with Gasteiger partial charge in [-0.15, -0.1) is 0 Å². The second-order valence-corrected chi connectivity index (χ2v) is 8.41. The summed E-state index contributed by atoms with van der Waals surface area (Å²) in [7, 11) is 0. The number of carbonyl (C=O) groups excluding carboxylic acids is 3. The zero-order valence-corrected chi connectivity index (χ0v) is 17.4. The maximum atomic E-state index is 13.5. The molecule has 1 saturated carbocycles. The van der Waals surface area contributed by atoms with Crippen LogP contribution >= 0.6 is 0 Å². The van der Waals surface area contributed by atoms with Crippen LogP contribution in [0.3, 0.4) is 0 Å². The Morgan fingerprint density at radius 2 is 1.61 bits per heavy atom. The maximum Gasteiger partial charge on any atom is 0.325 e. The predicted octanol–water partition coefficient (Wildman–Crippen LogP) is 4.05. The van der Waals surface area contributed by atoms with Gasteiger partial charge in [0.05, 0.1) is 6.54 Å². The fraction of sp³-hybridized carbons (Fsp3) is 0.391. The molecule has 0 radical (unpaired) electrons. The first-order valence-corrected chi connectivity index (χ1v) is 10.2. The van der Waals surface area contributed by atoms with Gasteiger partial charge in [-0.1, -0.05) is 24.3 Å². The zero-order valence-electron chi connectivity index (χ0n) is 17.4. The summed E-state index contributed by atoms with van der Waals surface area (Å²) in [5.74, 6) is -3.82. The number of aromatic nitrogens is 1. The third-order valence-corrected chi connectivity index (χ3v) is 6.20. The fourth-order valence-corrected chi connectivity index (χ4v) is 4.42. The average Bonchev–Trinajstić information content (AvgIpc) is 2.95. The van der Waals surface area contributed by atoms with Gasteiger partial charge in [0.25, 0.3) is 5.91 Å². The Hall–Kier alpha value is -3.16. The van der Waals surface area contributed by atoms with Crippen molar-refractivity contribution < 1.29 is 23.2 Å². The van der Waals surface area contributed by atoms with Crippen molar-refractivity contribution in [2.45, 2.75) is 51.0 Å². The summed E-state index contributed by atoms with van der Waals surface area (Å²) in [4.78, 5) is 42.9. The molecule has 4 rings (SSSR count). The number of benzene rings is 1. The van der Waals surface area contributed by atoms with Crippen LogP contribution in [0.5, 0.6) is 0 Å². The van der Waals surface area contributed by atoms with E-state index < -0.39 is 48.6 Å². The van der Waals surface area contributed by atoms with Crippen LogP contribution in [-0.4, -0.2) is 45.6 Å². The summed E-state index contributed by atoms with van der Waals surface area (Å²) in [5, 5.41) is 2.55. The number of hydrogen-bond donors (Lipinski definition) is 1. The number of ketones is 1. The molecule has 3 amide bonds. The highest BCUT2D eigenvalue weighted by Gasteiger charge is 2.55. The summed E-state index contributed by atoms with van der Waals surface area (Å²) < 4.78 is 27.0. The standard InChI is InChI=1S/C23H23F2N3O3/c1-14-11-26-12-15(2)19(14)17-5-3-16(4-6-17)18(29)13-28-20(30)22(27-21(28)31)7-9-23(24,25)10-8-22/h3-6,11-12H,7-10,13H2,1-2H3,(H,27,31). The molecule has 0 atom stereocenters. The molecule has 1 aliphatic heterocycles. The largest absolute Gasteiger partial charge is 0.325 e. The number of urea groups is 1. The third kappa shape index (κ3) is 3.82. The molecule has 8 heteroatoms. The van der Waals surface area contributed by atoms with Crippen LogP contribution in [-0.2, 0) is 4.79 Å². The summed E-state index contributed by atoms with van der Waals surface area (Å²) in [6.07, 6.45) is 2.36. The van der Waals surface area contributed by atoms with Gasteiger partial charge in [-0.2, -0.15) is 0 Å². The Morgan fingerprint density at radius 1 is 1.03 bits per heavy atom. The molecule has 0 bridgehead atoms. The molecule has 2 aromatic rings. The van der Waals surface area contributed by atoms with Crippen LogP contribution in [0.25, 0.3) is 11.1 Å². The van der Waals surface area contributed by atoms with Gasteiger partial charge in [-0.25, -0.2) is 13.6 Å². The maximum absolute atomic E-state index is 13.5. The van der Waals surface area contributed by atoms with Crippen LogP contribution in [0.4, 0.5) is 13.6 Å². The van der Waals surface area contributed by atoms with Gasteiger partial charge in [0.15, 0.2) is 5.78 Å². The van der Waals surface area contributed by atoms with E-state index in [9.17, 15) is 23.2 Å². The molecule has 1 spiro atoms. The van der Waals surface area contributed by atoms with Gasteiger partial charge < -0.3 is 5.32 Å². The van der Waals surface area contributed by atoms with E-state index in [-0.39, 0.29) is 12.8 Å². The van der Waals surface area contributed by atoms with E-state index in [2.05, 4.69) is 10.3 Å². The van der Waals surface area contributed by atoms with Gasteiger partial charge in [0.2, 0.25) is 5.92 Å². The lowest BCUT2D eigenvalue weighted by molar-refractivity contribution is -0.135. The Labute approximate surface area is 178 Å². The third-order valence-electron chi connectivity index (χ3n) is 6.20. The smallest absolute Gasteiger partial charge is 0.323 e. The second kappa shape index (κ2) is 7.51. The second-order valence-electron chi connectivity index (χ2n) is 8.41. The van der Waals surface area contributed by atoms with Crippen molar-refractivity contribution in [3.63, 3.8) is 0 Å². The van der Waals surface area contributed by atoms with E-state index in [1.165, 1.54) is 0 Å². The summed E-state index contributed by atoms with van der Waals surface area (Å²) in [5.41, 5.74) is 3.05. The molecule has 1 aliphatic carbocycles. The number of alkyl halides is 2. The van der Waals surface area contributed by atoms with Gasteiger partial charge in [-0.3, -0.25) is 19.5 Å². The first kappa shape index (κ1) is 21.1. The minimum atomic E-state index is -2.83. The van der Waals surface area contributed by atoms with Gasteiger partial charge in [-0.05, 0) is 48.9 Å². The minimum absolute atomic E-state index is 0.130. The van der Waals surface area contributed by atoms with E-state index in [1.54, 1.807) is 24.5 Å². The number of Topliss-reactive ketones (excluding diaryl/α,β-unsaturated/α-hetero) is 1. The van der Waals surface area contributed by atoms with Crippen molar-refractivity contribution >= 4 is 17.7 Å². The molecule has 1 aromatic carbocycles. The van der Waals surface area contributed by atoms with Crippen molar-refractivity contribution in [1.29, 1.82) is 0 Å². The molecule has 2 fully saturated rings. The minimum Gasteiger partial charge on any atom is -0.323 e. The van der Waals surface area contributed by atoms with Crippen LogP contribution in [0, 0.1) is 13.8 Å². The van der Waals surface area contributed by atoms with Gasteiger partial charge in [0, 0.05) is 30.8 Å². The topological polar surface area (TPSA) is 79.4 Å². The normalized spacial score (nSPS) is 19.5. The number of pyridine rings is 1. The summed E-state index contributed by atoms with van der Waals surface area (Å²) >= 11 is 0. The number of nitrogens with one attached hydrogen (secondary N) is 1. The quantitative estimate of drug-likeness (QED) is 0.590. The number of imide groups is 1. The Balaban J connectivity index is 1.48. The molecule has 6 nitrogen and oxygen atoms in total. The van der Waals surface area contributed by atoms with Gasteiger partial charge in [0.1, 0.15) is 5.54 Å². The van der Waals surface area contributed by atoms with E-state index in [1.807, 2.05) is 26.0 Å². The highest BCUT2D eigenvalue weighted by molar-refractivity contribution is 6.11. The Morgan fingerprint density at radius 3 is 2.19 bits per heavy atom. The molecule has 162 valence electrons. The van der Waals surface area contributed by atoms with Gasteiger partial charge >= 0.3 is 6.03 Å². The number of nitrogens with zero attached hydrogens (tertiary/aromatic N) is 2. The van der Waals surface area contributed by atoms with Crippen molar-refractivity contribution in [3.05, 3.63) is 53.3 Å². The van der Waals surface area contributed by atoms with Crippen LogP contribution in [0.1, 0.15) is 47.2 Å². The Kier molecular flexibility index (Phi) is 5.11. The molecule has 1 aromatic heterocycles. The molecule has 2 aliphatic rings. The average molecular weight is 427 g/mol. The summed E-state index contributed by atoms with van der Waals surface area (Å²) in [6, 6.07) is 6.25. The number of aryl methyl sites for hydroxylation is 2. The molecule has 1 N–H and O–H groups in total. The number of halogens is 2. The number of carbonyl (C=O) groups is 3. The lowest BCUT2D eigenvalue weighted by atomic mass is 9.80. The van der Waals surface area contributed by atoms with Crippen LogP contribution < -0.4 is 5.32 Å². The van der Waals surface area contributed by atoms with E-state index in [4.69, 9.17) is 0 Å². The zero-order chi connectivity index (χ0) is 22.4. The molecule has 1 saturated heterocycles. The van der Waals surface area contributed by atoms with E-state index in [0.29, 0.717) is 5.56 Å². The molecular formula is C23H23F2N3O3. The molecule has 0 unspecified atom stereocenters. The molecule has 2 heterocycles.